The van der Waals surface area contributed by atoms with Crippen molar-refractivity contribution in [2.75, 3.05) is 16.8 Å². The average molecular weight is 348 g/mol. The second-order valence-electron chi connectivity index (χ2n) is 5.77. The number of halogens is 3. The van der Waals surface area contributed by atoms with E-state index in [4.69, 9.17) is 0 Å². The van der Waals surface area contributed by atoms with Crippen molar-refractivity contribution in [2.45, 2.75) is 12.6 Å². The monoisotopic (exact) mass is 348 g/mol. The van der Waals surface area contributed by atoms with E-state index < -0.39 is 23.6 Å². The first-order valence-electron chi connectivity index (χ1n) is 7.69. The second-order valence-corrected chi connectivity index (χ2v) is 5.77. The van der Waals surface area contributed by atoms with Crippen molar-refractivity contribution >= 4 is 23.2 Å². The highest BCUT2D eigenvalue weighted by atomic mass is 19.4. The summed E-state index contributed by atoms with van der Waals surface area (Å²) in [6, 6.07) is 13.6. The van der Waals surface area contributed by atoms with E-state index in [1.165, 1.54) is 23.1 Å². The van der Waals surface area contributed by atoms with Crippen LogP contribution in [0.15, 0.2) is 54.6 Å². The summed E-state index contributed by atoms with van der Waals surface area (Å²) < 4.78 is 39.0. The van der Waals surface area contributed by atoms with Gasteiger partial charge in [-0.1, -0.05) is 30.3 Å². The molecule has 1 atom stereocenters. The number of amides is 2. The number of hydrogen-bond acceptors (Lipinski definition) is 2. The van der Waals surface area contributed by atoms with Gasteiger partial charge in [-0.15, -0.1) is 0 Å². The minimum atomic E-state index is -4.56. The van der Waals surface area contributed by atoms with Crippen molar-refractivity contribution in [3.05, 3.63) is 60.2 Å². The molecule has 0 spiro atoms. The second kappa shape index (κ2) is 6.58. The van der Waals surface area contributed by atoms with Crippen LogP contribution in [0.2, 0.25) is 0 Å². The number of hydrogen-bond donors (Lipinski definition) is 1. The fourth-order valence-electron chi connectivity index (χ4n) is 2.81. The van der Waals surface area contributed by atoms with E-state index in [-0.39, 0.29) is 24.6 Å². The number of anilines is 2. The summed E-state index contributed by atoms with van der Waals surface area (Å²) in [4.78, 5) is 26.0. The lowest BCUT2D eigenvalue weighted by molar-refractivity contribution is -0.137. The molecular formula is C18H15F3N2O2. The maximum Gasteiger partial charge on any atom is 0.418 e. The zero-order valence-corrected chi connectivity index (χ0v) is 13.1. The summed E-state index contributed by atoms with van der Waals surface area (Å²) in [5, 5.41) is 2.31. The Morgan fingerprint density at radius 3 is 2.36 bits per heavy atom. The molecule has 7 heteroatoms. The van der Waals surface area contributed by atoms with Crippen molar-refractivity contribution in [2.24, 2.45) is 5.92 Å². The number of nitrogens with one attached hydrogen (secondary N) is 1. The predicted octanol–water partition coefficient (Wildman–Crippen LogP) is 3.70. The Bertz CT molecular complexity index is 790. The highest BCUT2D eigenvalue weighted by Gasteiger charge is 2.37. The van der Waals surface area contributed by atoms with Gasteiger partial charge in [0, 0.05) is 18.7 Å². The Balaban J connectivity index is 1.75. The Hall–Kier alpha value is -2.83. The summed E-state index contributed by atoms with van der Waals surface area (Å²) in [7, 11) is 0. The smallest absolute Gasteiger partial charge is 0.325 e. The van der Waals surface area contributed by atoms with Crippen LogP contribution in [0.3, 0.4) is 0 Å². The average Bonchev–Trinajstić information content (AvgIpc) is 2.97. The number of benzene rings is 2. The summed E-state index contributed by atoms with van der Waals surface area (Å²) in [5.74, 6) is -1.52. The lowest BCUT2D eigenvalue weighted by atomic mass is 10.1. The lowest BCUT2D eigenvalue weighted by Gasteiger charge is -2.17. The van der Waals surface area contributed by atoms with Crippen molar-refractivity contribution in [3.63, 3.8) is 0 Å². The first-order valence-corrected chi connectivity index (χ1v) is 7.69. The van der Waals surface area contributed by atoms with Crippen LogP contribution in [0.1, 0.15) is 12.0 Å². The van der Waals surface area contributed by atoms with Crippen LogP contribution in [-0.2, 0) is 15.8 Å². The highest BCUT2D eigenvalue weighted by Crippen LogP contribution is 2.35. The van der Waals surface area contributed by atoms with Gasteiger partial charge in [0.1, 0.15) is 0 Å². The van der Waals surface area contributed by atoms with Crippen LogP contribution in [0.25, 0.3) is 0 Å². The molecule has 1 aliphatic heterocycles. The fourth-order valence-corrected chi connectivity index (χ4v) is 2.81. The quantitative estimate of drug-likeness (QED) is 0.920. The topological polar surface area (TPSA) is 49.4 Å². The normalized spacial score (nSPS) is 17.6. The molecule has 1 N–H and O–H groups in total. The zero-order valence-electron chi connectivity index (χ0n) is 13.1. The summed E-state index contributed by atoms with van der Waals surface area (Å²) in [6.07, 6.45) is -4.60. The molecule has 2 aromatic carbocycles. The molecule has 2 aromatic rings. The molecule has 0 unspecified atom stereocenters. The molecule has 0 aliphatic carbocycles. The van der Waals surface area contributed by atoms with Gasteiger partial charge >= 0.3 is 6.18 Å². The Morgan fingerprint density at radius 1 is 1.04 bits per heavy atom. The van der Waals surface area contributed by atoms with E-state index in [9.17, 15) is 22.8 Å². The minimum Gasteiger partial charge on any atom is -0.325 e. The molecule has 1 aliphatic rings. The van der Waals surface area contributed by atoms with Gasteiger partial charge in [0.25, 0.3) is 0 Å². The first-order chi connectivity index (χ1) is 11.9. The molecule has 2 amide bonds. The van der Waals surface area contributed by atoms with E-state index >= 15 is 0 Å². The Morgan fingerprint density at radius 2 is 1.68 bits per heavy atom. The summed E-state index contributed by atoms with van der Waals surface area (Å²) >= 11 is 0. The summed E-state index contributed by atoms with van der Waals surface area (Å²) in [5.41, 5.74) is -0.545. The molecule has 0 aromatic heterocycles. The summed E-state index contributed by atoms with van der Waals surface area (Å²) in [6.45, 7) is 0.142. The van der Waals surface area contributed by atoms with E-state index in [0.717, 1.165) is 6.07 Å². The Kier molecular flexibility index (Phi) is 4.48. The molecule has 1 heterocycles. The van der Waals surface area contributed by atoms with Crippen molar-refractivity contribution < 1.29 is 22.8 Å². The van der Waals surface area contributed by atoms with Crippen LogP contribution in [0, 0.1) is 5.92 Å². The van der Waals surface area contributed by atoms with Crippen LogP contribution < -0.4 is 10.2 Å². The van der Waals surface area contributed by atoms with Gasteiger partial charge in [0.05, 0.1) is 17.2 Å². The van der Waals surface area contributed by atoms with E-state index in [2.05, 4.69) is 5.32 Å². The molecular weight excluding hydrogens is 333 g/mol. The molecule has 1 fully saturated rings. The van der Waals surface area contributed by atoms with Crippen LogP contribution >= 0.6 is 0 Å². The SMILES string of the molecule is O=C(Nc1ccccc1C(F)(F)F)[C@@H]1CC(=O)N(c2ccccc2)C1. The maximum atomic E-state index is 13.0. The molecule has 130 valence electrons. The largest absolute Gasteiger partial charge is 0.418 e. The third-order valence-corrected chi connectivity index (χ3v) is 4.05. The molecule has 25 heavy (non-hydrogen) atoms. The minimum absolute atomic E-state index is 0.0328. The van der Waals surface area contributed by atoms with Gasteiger partial charge in [-0.05, 0) is 24.3 Å². The zero-order chi connectivity index (χ0) is 18.0. The third-order valence-electron chi connectivity index (χ3n) is 4.05. The van der Waals surface area contributed by atoms with Gasteiger partial charge in [-0.2, -0.15) is 13.2 Å². The number of carbonyl (C=O) groups is 2. The van der Waals surface area contributed by atoms with Gasteiger partial charge < -0.3 is 10.2 Å². The van der Waals surface area contributed by atoms with E-state index in [1.807, 2.05) is 6.07 Å². The first kappa shape index (κ1) is 17.0. The van der Waals surface area contributed by atoms with Crippen molar-refractivity contribution in [1.29, 1.82) is 0 Å². The fraction of sp³-hybridized carbons (Fsp3) is 0.222. The predicted molar refractivity (Wildman–Crippen MR) is 87.0 cm³/mol. The highest BCUT2D eigenvalue weighted by molar-refractivity contribution is 6.03. The molecule has 0 saturated carbocycles. The third kappa shape index (κ3) is 3.65. The number of rotatable bonds is 3. The van der Waals surface area contributed by atoms with E-state index in [0.29, 0.717) is 5.69 Å². The molecule has 4 nitrogen and oxygen atoms in total. The van der Waals surface area contributed by atoms with Gasteiger partial charge in [0.2, 0.25) is 11.8 Å². The maximum absolute atomic E-state index is 13.0. The van der Waals surface area contributed by atoms with Crippen LogP contribution in [0.5, 0.6) is 0 Å². The number of nitrogens with zero attached hydrogens (tertiary/aromatic N) is 1. The van der Waals surface area contributed by atoms with Crippen LogP contribution in [0.4, 0.5) is 24.5 Å². The number of carbonyl (C=O) groups excluding carboxylic acids is 2. The molecule has 3 rings (SSSR count). The Labute approximate surface area is 142 Å². The number of para-hydroxylation sites is 2. The standard InChI is InChI=1S/C18H15F3N2O2/c19-18(20,21)14-8-4-5-9-15(14)22-17(25)12-10-16(24)23(11-12)13-6-2-1-3-7-13/h1-9,12H,10-11H2,(H,22,25)/t12-/m1/s1. The van der Waals surface area contributed by atoms with Crippen molar-refractivity contribution in [3.8, 4) is 0 Å². The van der Waals surface area contributed by atoms with E-state index in [1.54, 1.807) is 24.3 Å². The molecule has 0 radical (unpaired) electrons. The van der Waals surface area contributed by atoms with Gasteiger partial charge in [0.15, 0.2) is 0 Å². The van der Waals surface area contributed by atoms with Crippen molar-refractivity contribution in [1.82, 2.24) is 0 Å². The molecule has 1 saturated heterocycles. The van der Waals surface area contributed by atoms with Crippen LogP contribution in [-0.4, -0.2) is 18.4 Å². The van der Waals surface area contributed by atoms with Gasteiger partial charge in [-0.25, -0.2) is 0 Å². The number of alkyl halides is 3. The lowest BCUT2D eigenvalue weighted by Crippen LogP contribution is -2.28. The molecule has 0 bridgehead atoms. The van der Waals surface area contributed by atoms with Gasteiger partial charge in [-0.3, -0.25) is 9.59 Å².